The predicted molar refractivity (Wildman–Crippen MR) is 64.0 cm³/mol. The first kappa shape index (κ1) is 11.2. The van der Waals surface area contributed by atoms with Crippen molar-refractivity contribution in [3.63, 3.8) is 0 Å². The van der Waals surface area contributed by atoms with E-state index in [0.717, 1.165) is 16.6 Å². The van der Waals surface area contributed by atoms with Crippen LogP contribution in [0.25, 0.3) is 10.9 Å². The summed E-state index contributed by atoms with van der Waals surface area (Å²) < 4.78 is 5.18. The third-order valence-electron chi connectivity index (χ3n) is 2.46. The Morgan fingerprint density at radius 1 is 1.38 bits per heavy atom. The minimum Gasteiger partial charge on any atom is -0.496 e. The van der Waals surface area contributed by atoms with Gasteiger partial charge in [-0.1, -0.05) is 11.6 Å². The Kier molecular flexibility index (Phi) is 2.99. The molecular formula is C12H12ClNO2. The molecule has 0 saturated carbocycles. The van der Waals surface area contributed by atoms with Crippen molar-refractivity contribution in [2.24, 2.45) is 0 Å². The average Bonchev–Trinajstić information content (AvgIpc) is 2.27. The van der Waals surface area contributed by atoms with E-state index >= 15 is 0 Å². The minimum atomic E-state index is -0.0770. The van der Waals surface area contributed by atoms with Gasteiger partial charge in [-0.3, -0.25) is 4.98 Å². The van der Waals surface area contributed by atoms with Crippen molar-refractivity contribution in [3.05, 3.63) is 34.5 Å². The van der Waals surface area contributed by atoms with Crippen LogP contribution in [0.15, 0.2) is 18.2 Å². The van der Waals surface area contributed by atoms with E-state index in [1.54, 1.807) is 19.2 Å². The van der Waals surface area contributed by atoms with Crippen LogP contribution in [0.5, 0.6) is 5.75 Å². The number of nitrogens with zero attached hydrogens (tertiary/aromatic N) is 1. The van der Waals surface area contributed by atoms with Crippen LogP contribution < -0.4 is 4.74 Å². The maximum Gasteiger partial charge on any atom is 0.125 e. The first-order valence-corrected chi connectivity index (χ1v) is 5.28. The number of pyridine rings is 1. The Balaban J connectivity index is 2.78. The van der Waals surface area contributed by atoms with Crippen LogP contribution in [0, 0.1) is 6.92 Å². The van der Waals surface area contributed by atoms with Gasteiger partial charge in [-0.2, -0.15) is 0 Å². The lowest BCUT2D eigenvalue weighted by atomic mass is 10.1. The molecule has 1 heterocycles. The number of rotatable bonds is 2. The second kappa shape index (κ2) is 4.28. The van der Waals surface area contributed by atoms with Crippen molar-refractivity contribution in [2.75, 3.05) is 7.11 Å². The van der Waals surface area contributed by atoms with Gasteiger partial charge in [0, 0.05) is 16.6 Å². The molecule has 0 spiro atoms. The van der Waals surface area contributed by atoms with Crippen LogP contribution in [-0.2, 0) is 6.61 Å². The van der Waals surface area contributed by atoms with E-state index in [4.69, 9.17) is 16.3 Å². The van der Waals surface area contributed by atoms with E-state index in [1.807, 2.05) is 13.0 Å². The van der Waals surface area contributed by atoms with Crippen molar-refractivity contribution < 1.29 is 9.84 Å². The summed E-state index contributed by atoms with van der Waals surface area (Å²) in [5.74, 6) is 0.627. The zero-order valence-corrected chi connectivity index (χ0v) is 9.88. The SMILES string of the molecule is COc1cc2c(Cl)cc(C)nc2cc1CO. The number of halogens is 1. The summed E-state index contributed by atoms with van der Waals surface area (Å²) in [5.41, 5.74) is 2.34. The molecule has 3 nitrogen and oxygen atoms in total. The molecule has 0 bridgehead atoms. The molecular weight excluding hydrogens is 226 g/mol. The first-order valence-electron chi connectivity index (χ1n) is 4.90. The highest BCUT2D eigenvalue weighted by Gasteiger charge is 2.08. The fourth-order valence-electron chi connectivity index (χ4n) is 1.69. The molecule has 0 atom stereocenters. The fourth-order valence-corrected chi connectivity index (χ4v) is 2.00. The van der Waals surface area contributed by atoms with Gasteiger partial charge in [0.1, 0.15) is 5.75 Å². The van der Waals surface area contributed by atoms with E-state index in [0.29, 0.717) is 16.3 Å². The molecule has 0 aliphatic carbocycles. The number of aliphatic hydroxyl groups excluding tert-OH is 1. The van der Waals surface area contributed by atoms with E-state index in [9.17, 15) is 5.11 Å². The van der Waals surface area contributed by atoms with Crippen molar-refractivity contribution in [2.45, 2.75) is 13.5 Å². The fraction of sp³-hybridized carbons (Fsp3) is 0.250. The number of benzene rings is 1. The number of hydrogen-bond donors (Lipinski definition) is 1. The zero-order valence-electron chi connectivity index (χ0n) is 9.12. The number of methoxy groups -OCH3 is 1. The van der Waals surface area contributed by atoms with Gasteiger partial charge in [0.2, 0.25) is 0 Å². The summed E-state index contributed by atoms with van der Waals surface area (Å²) in [4.78, 5) is 4.37. The molecule has 0 amide bonds. The smallest absolute Gasteiger partial charge is 0.125 e. The van der Waals surface area contributed by atoms with Gasteiger partial charge >= 0.3 is 0 Å². The first-order chi connectivity index (χ1) is 7.65. The van der Waals surface area contributed by atoms with Crippen LogP contribution in [0.3, 0.4) is 0 Å². The second-order valence-electron chi connectivity index (χ2n) is 3.58. The van der Waals surface area contributed by atoms with Crippen molar-refractivity contribution in [1.29, 1.82) is 0 Å². The summed E-state index contributed by atoms with van der Waals surface area (Å²) in [6.07, 6.45) is 0. The zero-order chi connectivity index (χ0) is 11.7. The monoisotopic (exact) mass is 237 g/mol. The normalized spacial score (nSPS) is 10.8. The molecule has 4 heteroatoms. The van der Waals surface area contributed by atoms with Gasteiger partial charge in [0.05, 0.1) is 24.3 Å². The summed E-state index contributed by atoms with van der Waals surface area (Å²) in [5, 5.41) is 10.7. The number of ether oxygens (including phenoxy) is 1. The molecule has 1 N–H and O–H groups in total. The van der Waals surface area contributed by atoms with E-state index < -0.39 is 0 Å². The van der Waals surface area contributed by atoms with Gasteiger partial charge in [-0.05, 0) is 25.1 Å². The summed E-state index contributed by atoms with van der Waals surface area (Å²) in [6.45, 7) is 1.81. The van der Waals surface area contributed by atoms with Crippen LogP contribution in [-0.4, -0.2) is 17.2 Å². The van der Waals surface area contributed by atoms with E-state index in [2.05, 4.69) is 4.98 Å². The Bertz CT molecular complexity index is 540. The van der Waals surface area contributed by atoms with Crippen LogP contribution in [0.2, 0.25) is 5.02 Å². The van der Waals surface area contributed by atoms with Gasteiger partial charge in [0.25, 0.3) is 0 Å². The molecule has 0 aliphatic rings. The Labute approximate surface area is 98.6 Å². The molecule has 0 aliphatic heterocycles. The highest BCUT2D eigenvalue weighted by Crippen LogP contribution is 2.30. The van der Waals surface area contributed by atoms with E-state index in [1.165, 1.54) is 0 Å². The molecule has 1 aromatic heterocycles. The molecule has 2 rings (SSSR count). The molecule has 1 aromatic carbocycles. The second-order valence-corrected chi connectivity index (χ2v) is 3.99. The topological polar surface area (TPSA) is 42.4 Å². The van der Waals surface area contributed by atoms with Gasteiger partial charge in [-0.15, -0.1) is 0 Å². The standard InChI is InChI=1S/C12H12ClNO2/c1-7-3-10(13)9-5-12(16-2)8(6-15)4-11(9)14-7/h3-5,15H,6H2,1-2H3. The number of fused-ring (bicyclic) bond motifs is 1. The average molecular weight is 238 g/mol. The largest absolute Gasteiger partial charge is 0.496 e. The Morgan fingerprint density at radius 3 is 2.75 bits per heavy atom. The summed E-state index contributed by atoms with van der Waals surface area (Å²) in [7, 11) is 1.57. The third kappa shape index (κ3) is 1.84. The predicted octanol–water partition coefficient (Wildman–Crippen LogP) is 2.70. The van der Waals surface area contributed by atoms with Crippen LogP contribution >= 0.6 is 11.6 Å². The quantitative estimate of drug-likeness (QED) is 0.873. The molecule has 0 unspecified atom stereocenters. The molecule has 0 radical (unpaired) electrons. The molecule has 0 fully saturated rings. The molecule has 84 valence electrons. The highest BCUT2D eigenvalue weighted by molar-refractivity contribution is 6.35. The Hall–Kier alpha value is -1.32. The number of hydrogen-bond acceptors (Lipinski definition) is 3. The van der Waals surface area contributed by atoms with Crippen molar-refractivity contribution in [3.8, 4) is 5.75 Å². The summed E-state index contributed by atoms with van der Waals surface area (Å²) >= 11 is 6.13. The van der Waals surface area contributed by atoms with Gasteiger partial charge in [0.15, 0.2) is 0 Å². The molecule has 16 heavy (non-hydrogen) atoms. The summed E-state index contributed by atoms with van der Waals surface area (Å²) in [6, 6.07) is 5.41. The van der Waals surface area contributed by atoms with Crippen molar-refractivity contribution in [1.82, 2.24) is 4.98 Å². The highest BCUT2D eigenvalue weighted by atomic mass is 35.5. The van der Waals surface area contributed by atoms with Crippen LogP contribution in [0.1, 0.15) is 11.3 Å². The minimum absolute atomic E-state index is 0.0770. The maximum atomic E-state index is 9.21. The number of aliphatic hydroxyl groups is 1. The van der Waals surface area contributed by atoms with Crippen LogP contribution in [0.4, 0.5) is 0 Å². The van der Waals surface area contributed by atoms with E-state index in [-0.39, 0.29) is 6.61 Å². The number of aromatic nitrogens is 1. The Morgan fingerprint density at radius 2 is 2.12 bits per heavy atom. The lowest BCUT2D eigenvalue weighted by Gasteiger charge is -2.09. The maximum absolute atomic E-state index is 9.21. The number of aryl methyl sites for hydroxylation is 1. The van der Waals surface area contributed by atoms with Gasteiger partial charge < -0.3 is 9.84 Å². The lowest BCUT2D eigenvalue weighted by Crippen LogP contribution is -1.94. The van der Waals surface area contributed by atoms with Gasteiger partial charge in [-0.25, -0.2) is 0 Å². The lowest BCUT2D eigenvalue weighted by molar-refractivity contribution is 0.274. The molecule has 2 aromatic rings. The molecule has 0 saturated heterocycles. The third-order valence-corrected chi connectivity index (χ3v) is 2.77. The van der Waals surface area contributed by atoms with Crippen molar-refractivity contribution >= 4 is 22.5 Å².